The number of halogens is 1. The number of carbonyl (C=O) groups excluding carboxylic acids is 1. The number of benzene rings is 1. The van der Waals surface area contributed by atoms with Crippen LogP contribution >= 0.6 is 0 Å². The van der Waals surface area contributed by atoms with Gasteiger partial charge >= 0.3 is 5.97 Å². The molecule has 1 rings (SSSR count). The molecule has 1 atom stereocenters. The van der Waals surface area contributed by atoms with Crippen LogP contribution in [0.2, 0.25) is 0 Å². The number of amides is 1. The third kappa shape index (κ3) is 5.85. The van der Waals surface area contributed by atoms with Gasteiger partial charge in [0, 0.05) is 6.42 Å². The molecule has 0 radical (unpaired) electrons. The monoisotopic (exact) mass is 269 g/mol. The Labute approximate surface area is 110 Å². The lowest BCUT2D eigenvalue weighted by Gasteiger charge is -2.10. The lowest BCUT2D eigenvalue weighted by atomic mass is 10.2. The Bertz CT molecular complexity index is 410. The van der Waals surface area contributed by atoms with Gasteiger partial charge in [0.15, 0.2) is 6.04 Å². The summed E-state index contributed by atoms with van der Waals surface area (Å²) in [5.74, 6) is -1.17. The number of hydrogen-bond acceptors (Lipinski definition) is 3. The summed E-state index contributed by atoms with van der Waals surface area (Å²) in [4.78, 5) is 21.8. The molecule has 0 heterocycles. The highest BCUT2D eigenvalue weighted by Crippen LogP contribution is 2.08. The molecule has 0 aromatic heterocycles. The van der Waals surface area contributed by atoms with Crippen molar-refractivity contribution >= 4 is 11.9 Å². The van der Waals surface area contributed by atoms with Gasteiger partial charge in [0.05, 0.1) is 6.61 Å². The van der Waals surface area contributed by atoms with E-state index in [2.05, 4.69) is 5.32 Å². The zero-order valence-electron chi connectivity index (χ0n) is 10.3. The van der Waals surface area contributed by atoms with Crippen LogP contribution in [0.25, 0.3) is 0 Å². The van der Waals surface area contributed by atoms with Gasteiger partial charge in [0.2, 0.25) is 5.91 Å². The highest BCUT2D eigenvalue weighted by atomic mass is 19.1. The van der Waals surface area contributed by atoms with Crippen LogP contribution in [-0.4, -0.2) is 36.3 Å². The second-order valence-electron chi connectivity index (χ2n) is 3.88. The molecule has 0 saturated heterocycles. The quantitative estimate of drug-likeness (QED) is 0.699. The topological polar surface area (TPSA) is 75.6 Å². The molecule has 19 heavy (non-hydrogen) atoms. The van der Waals surface area contributed by atoms with E-state index in [9.17, 15) is 14.0 Å². The van der Waals surface area contributed by atoms with Crippen molar-refractivity contribution in [3.8, 4) is 5.75 Å². The maximum atomic E-state index is 12.3. The molecule has 6 heteroatoms. The molecule has 0 aliphatic rings. The fourth-order valence-electron chi connectivity index (χ4n) is 1.37. The van der Waals surface area contributed by atoms with Gasteiger partial charge in [-0.1, -0.05) is 18.2 Å². The summed E-state index contributed by atoms with van der Waals surface area (Å²) in [7, 11) is 0. The third-order valence-corrected chi connectivity index (χ3v) is 2.35. The van der Waals surface area contributed by atoms with Gasteiger partial charge in [0.25, 0.3) is 0 Å². The van der Waals surface area contributed by atoms with Crippen molar-refractivity contribution in [2.45, 2.75) is 18.9 Å². The zero-order chi connectivity index (χ0) is 14.1. The van der Waals surface area contributed by atoms with E-state index in [0.29, 0.717) is 18.8 Å². The van der Waals surface area contributed by atoms with Crippen LogP contribution in [0.15, 0.2) is 30.3 Å². The van der Waals surface area contributed by atoms with Crippen molar-refractivity contribution in [3.63, 3.8) is 0 Å². The lowest BCUT2D eigenvalue weighted by Crippen LogP contribution is -2.42. The molecule has 1 aromatic rings. The second-order valence-corrected chi connectivity index (χ2v) is 3.88. The van der Waals surface area contributed by atoms with E-state index in [0.717, 1.165) is 0 Å². The normalized spacial score (nSPS) is 11.6. The molecule has 0 saturated carbocycles. The van der Waals surface area contributed by atoms with Gasteiger partial charge in [-0.05, 0) is 18.6 Å². The molecule has 0 spiro atoms. The van der Waals surface area contributed by atoms with Crippen LogP contribution in [0.5, 0.6) is 5.75 Å². The highest BCUT2D eigenvalue weighted by Gasteiger charge is 2.18. The number of carboxylic acids is 1. The molecule has 104 valence electrons. The van der Waals surface area contributed by atoms with Crippen LogP contribution in [-0.2, 0) is 9.59 Å². The number of carboxylic acid groups (broad SMARTS) is 1. The number of carbonyl (C=O) groups is 2. The number of ether oxygens (including phenoxy) is 1. The Balaban J connectivity index is 2.19. The van der Waals surface area contributed by atoms with Crippen LogP contribution in [0.1, 0.15) is 12.8 Å². The Morgan fingerprint density at radius 1 is 1.32 bits per heavy atom. The third-order valence-electron chi connectivity index (χ3n) is 2.35. The Morgan fingerprint density at radius 2 is 2.00 bits per heavy atom. The largest absolute Gasteiger partial charge is 0.494 e. The van der Waals surface area contributed by atoms with Crippen molar-refractivity contribution < 1.29 is 23.8 Å². The van der Waals surface area contributed by atoms with Gasteiger partial charge in [-0.2, -0.15) is 0 Å². The molecule has 2 N–H and O–H groups in total. The van der Waals surface area contributed by atoms with Crippen LogP contribution in [0.4, 0.5) is 4.39 Å². The van der Waals surface area contributed by atoms with E-state index in [1.807, 2.05) is 18.2 Å². The molecule has 1 amide bonds. The maximum Gasteiger partial charge on any atom is 0.328 e. The Morgan fingerprint density at radius 3 is 2.58 bits per heavy atom. The second kappa shape index (κ2) is 8.07. The molecule has 0 fully saturated rings. The molecule has 0 bridgehead atoms. The Hall–Kier alpha value is -2.11. The van der Waals surface area contributed by atoms with Crippen molar-refractivity contribution in [3.05, 3.63) is 30.3 Å². The molecular formula is C13H16FNO4. The molecule has 0 aliphatic carbocycles. The summed E-state index contributed by atoms with van der Waals surface area (Å²) in [5.41, 5.74) is 0. The lowest BCUT2D eigenvalue weighted by molar-refractivity contribution is -0.142. The summed E-state index contributed by atoms with van der Waals surface area (Å²) in [6.45, 7) is -0.785. The number of alkyl halides is 1. The number of nitrogens with one attached hydrogen (secondary N) is 1. The smallest absolute Gasteiger partial charge is 0.328 e. The SMILES string of the molecule is O=C(CCCOc1ccccc1)NC(CF)C(=O)O. The number of hydrogen-bond donors (Lipinski definition) is 2. The summed E-state index contributed by atoms with van der Waals surface area (Å²) < 4.78 is 17.6. The predicted octanol–water partition coefficient (Wildman–Crippen LogP) is 1.38. The van der Waals surface area contributed by atoms with Crippen LogP contribution < -0.4 is 10.1 Å². The van der Waals surface area contributed by atoms with Crippen molar-refractivity contribution in [2.75, 3.05) is 13.3 Å². The average Bonchev–Trinajstić information content (AvgIpc) is 2.42. The number of rotatable bonds is 8. The minimum atomic E-state index is -1.47. The first-order chi connectivity index (χ1) is 9.13. The van der Waals surface area contributed by atoms with Gasteiger partial charge in [-0.25, -0.2) is 9.18 Å². The van der Waals surface area contributed by atoms with Gasteiger partial charge < -0.3 is 15.2 Å². The standard InChI is InChI=1S/C13H16FNO4/c14-9-11(13(17)18)15-12(16)7-4-8-19-10-5-2-1-3-6-10/h1-3,5-6,11H,4,7-9H2,(H,15,16)(H,17,18). The van der Waals surface area contributed by atoms with E-state index in [1.54, 1.807) is 12.1 Å². The Kier molecular flexibility index (Phi) is 6.35. The molecule has 0 aliphatic heterocycles. The average molecular weight is 269 g/mol. The highest BCUT2D eigenvalue weighted by molar-refractivity contribution is 5.83. The van der Waals surface area contributed by atoms with Crippen molar-refractivity contribution in [2.24, 2.45) is 0 Å². The number of aliphatic carboxylic acids is 1. The minimum Gasteiger partial charge on any atom is -0.494 e. The van der Waals surface area contributed by atoms with E-state index in [4.69, 9.17) is 9.84 Å². The summed E-state index contributed by atoms with van der Waals surface area (Å²) in [6.07, 6.45) is 0.524. The van der Waals surface area contributed by atoms with Crippen LogP contribution in [0.3, 0.4) is 0 Å². The van der Waals surface area contributed by atoms with Gasteiger partial charge in [-0.3, -0.25) is 4.79 Å². The van der Waals surface area contributed by atoms with Crippen molar-refractivity contribution in [1.29, 1.82) is 0 Å². The predicted molar refractivity (Wildman–Crippen MR) is 66.7 cm³/mol. The fraction of sp³-hybridized carbons (Fsp3) is 0.385. The molecule has 1 aromatic carbocycles. The van der Waals surface area contributed by atoms with E-state index in [1.165, 1.54) is 0 Å². The van der Waals surface area contributed by atoms with E-state index >= 15 is 0 Å². The summed E-state index contributed by atoms with van der Waals surface area (Å²) >= 11 is 0. The van der Waals surface area contributed by atoms with Gasteiger partial charge in [-0.15, -0.1) is 0 Å². The van der Waals surface area contributed by atoms with E-state index < -0.39 is 24.6 Å². The maximum absolute atomic E-state index is 12.3. The fourth-order valence-corrected chi connectivity index (χ4v) is 1.37. The molecular weight excluding hydrogens is 253 g/mol. The first kappa shape index (κ1) is 14.9. The summed E-state index contributed by atoms with van der Waals surface area (Å²) in [6, 6.07) is 7.65. The van der Waals surface area contributed by atoms with Crippen LogP contribution in [0, 0.1) is 0 Å². The van der Waals surface area contributed by atoms with Gasteiger partial charge in [0.1, 0.15) is 12.4 Å². The zero-order valence-corrected chi connectivity index (χ0v) is 10.3. The summed E-state index contributed by atoms with van der Waals surface area (Å²) in [5, 5.41) is 10.7. The minimum absolute atomic E-state index is 0.0939. The molecule has 1 unspecified atom stereocenters. The first-order valence-corrected chi connectivity index (χ1v) is 5.89. The van der Waals surface area contributed by atoms with E-state index in [-0.39, 0.29) is 6.42 Å². The molecule has 5 nitrogen and oxygen atoms in total. The first-order valence-electron chi connectivity index (χ1n) is 5.89. The number of para-hydroxylation sites is 1. The van der Waals surface area contributed by atoms with Crippen molar-refractivity contribution in [1.82, 2.24) is 5.32 Å².